The van der Waals surface area contributed by atoms with E-state index in [-0.39, 0.29) is 0 Å². The van der Waals surface area contributed by atoms with Crippen LogP contribution in [0.3, 0.4) is 0 Å². The second-order valence-corrected chi connectivity index (χ2v) is 6.17. The van der Waals surface area contributed by atoms with E-state index in [1.54, 1.807) is 0 Å². The largest absolute Gasteiger partial charge is 0.481 e. The minimum atomic E-state index is -0.660. The van der Waals surface area contributed by atoms with Crippen LogP contribution < -0.4 is 0 Å². The summed E-state index contributed by atoms with van der Waals surface area (Å²) in [7, 11) is 0. The molecule has 3 unspecified atom stereocenters. The molecule has 4 nitrogen and oxygen atoms in total. The third-order valence-electron chi connectivity index (χ3n) is 4.73. The Balaban J connectivity index is 1.86. The van der Waals surface area contributed by atoms with Crippen molar-refractivity contribution in [2.45, 2.75) is 51.5 Å². The number of hydrogen-bond donors (Lipinski definition) is 1. The summed E-state index contributed by atoms with van der Waals surface area (Å²) >= 11 is 0. The fraction of sp³-hybridized carbons (Fsp3) is 0.933. The minimum Gasteiger partial charge on any atom is -0.481 e. The van der Waals surface area contributed by atoms with Gasteiger partial charge in [-0.15, -0.1) is 0 Å². The predicted molar refractivity (Wildman–Crippen MR) is 74.2 cm³/mol. The molecule has 1 N–H and O–H groups in total. The van der Waals surface area contributed by atoms with Crippen molar-refractivity contribution in [1.82, 2.24) is 4.90 Å². The standard InChI is InChI=1S/C15H27NO3/c1-12(10-15(17)18)13-4-2-7-16(11-13)14-5-3-8-19-9-6-14/h12-14H,2-11H2,1H3,(H,17,18). The van der Waals surface area contributed by atoms with Crippen molar-refractivity contribution in [2.75, 3.05) is 26.3 Å². The number of aliphatic carboxylic acids is 1. The van der Waals surface area contributed by atoms with E-state index in [2.05, 4.69) is 11.8 Å². The monoisotopic (exact) mass is 269 g/mol. The highest BCUT2D eigenvalue weighted by molar-refractivity contribution is 5.67. The van der Waals surface area contributed by atoms with Crippen LogP contribution >= 0.6 is 0 Å². The SMILES string of the molecule is CC(CC(=O)O)C1CCCN(C2CCCOCC2)C1. The molecule has 110 valence electrons. The molecule has 0 bridgehead atoms. The molecule has 0 aromatic rings. The Labute approximate surface area is 116 Å². The van der Waals surface area contributed by atoms with Crippen LogP contribution in [0.5, 0.6) is 0 Å². The molecule has 0 aromatic heterocycles. The fourth-order valence-electron chi connectivity index (χ4n) is 3.53. The van der Waals surface area contributed by atoms with Gasteiger partial charge in [-0.1, -0.05) is 6.92 Å². The molecule has 3 atom stereocenters. The molecule has 0 aromatic carbocycles. The van der Waals surface area contributed by atoms with Crippen LogP contribution in [0.15, 0.2) is 0 Å². The summed E-state index contributed by atoms with van der Waals surface area (Å²) in [6, 6.07) is 0.655. The van der Waals surface area contributed by atoms with Crippen LogP contribution in [0.2, 0.25) is 0 Å². The molecule has 2 rings (SSSR count). The number of carboxylic acid groups (broad SMARTS) is 1. The number of likely N-dealkylation sites (tertiary alicyclic amines) is 1. The van der Waals surface area contributed by atoms with Crippen LogP contribution in [-0.4, -0.2) is 48.3 Å². The zero-order valence-corrected chi connectivity index (χ0v) is 12.0. The van der Waals surface area contributed by atoms with Gasteiger partial charge in [-0.3, -0.25) is 4.79 Å². The van der Waals surface area contributed by atoms with Crippen molar-refractivity contribution in [3.8, 4) is 0 Å². The summed E-state index contributed by atoms with van der Waals surface area (Å²) in [5, 5.41) is 8.94. The minimum absolute atomic E-state index is 0.294. The maximum Gasteiger partial charge on any atom is 0.303 e. The highest BCUT2D eigenvalue weighted by Gasteiger charge is 2.29. The van der Waals surface area contributed by atoms with E-state index in [0.29, 0.717) is 24.3 Å². The van der Waals surface area contributed by atoms with E-state index < -0.39 is 5.97 Å². The molecule has 2 aliphatic heterocycles. The third kappa shape index (κ3) is 4.46. The number of ether oxygens (including phenoxy) is 1. The molecule has 4 heteroatoms. The molecule has 2 fully saturated rings. The van der Waals surface area contributed by atoms with Gasteiger partial charge in [-0.25, -0.2) is 0 Å². The number of hydrogen-bond acceptors (Lipinski definition) is 3. The lowest BCUT2D eigenvalue weighted by atomic mass is 9.84. The summed E-state index contributed by atoms with van der Waals surface area (Å²) in [6.45, 7) is 6.15. The maximum absolute atomic E-state index is 10.9. The molecule has 2 saturated heterocycles. The molecule has 0 aliphatic carbocycles. The summed E-state index contributed by atoms with van der Waals surface area (Å²) in [5.74, 6) is 0.184. The number of piperidine rings is 1. The summed E-state index contributed by atoms with van der Waals surface area (Å²) in [4.78, 5) is 13.4. The van der Waals surface area contributed by atoms with E-state index in [0.717, 1.165) is 32.6 Å². The Morgan fingerprint density at radius 1 is 1.32 bits per heavy atom. The van der Waals surface area contributed by atoms with Gasteiger partial charge in [0.05, 0.1) is 0 Å². The van der Waals surface area contributed by atoms with Crippen LogP contribution in [0.4, 0.5) is 0 Å². The first-order chi connectivity index (χ1) is 9.16. The van der Waals surface area contributed by atoms with E-state index >= 15 is 0 Å². The number of nitrogens with zero attached hydrogens (tertiary/aromatic N) is 1. The smallest absolute Gasteiger partial charge is 0.303 e. The second-order valence-electron chi connectivity index (χ2n) is 6.17. The molecule has 0 spiro atoms. The molecule has 0 saturated carbocycles. The fourth-order valence-corrected chi connectivity index (χ4v) is 3.53. The van der Waals surface area contributed by atoms with Gasteiger partial charge in [-0.05, 0) is 50.5 Å². The average molecular weight is 269 g/mol. The van der Waals surface area contributed by atoms with Gasteiger partial charge in [0.15, 0.2) is 0 Å². The van der Waals surface area contributed by atoms with E-state index in [9.17, 15) is 4.79 Å². The van der Waals surface area contributed by atoms with Crippen molar-refractivity contribution in [3.63, 3.8) is 0 Å². The van der Waals surface area contributed by atoms with Gasteiger partial charge < -0.3 is 14.7 Å². The third-order valence-corrected chi connectivity index (χ3v) is 4.73. The van der Waals surface area contributed by atoms with Gasteiger partial charge in [0.25, 0.3) is 0 Å². The second kappa shape index (κ2) is 7.25. The van der Waals surface area contributed by atoms with Crippen molar-refractivity contribution in [1.29, 1.82) is 0 Å². The van der Waals surface area contributed by atoms with E-state index in [1.165, 1.54) is 25.8 Å². The highest BCUT2D eigenvalue weighted by Crippen LogP contribution is 2.29. The summed E-state index contributed by atoms with van der Waals surface area (Å²) in [5.41, 5.74) is 0. The van der Waals surface area contributed by atoms with E-state index in [1.807, 2.05) is 0 Å². The topological polar surface area (TPSA) is 49.8 Å². The summed E-state index contributed by atoms with van der Waals surface area (Å²) < 4.78 is 5.54. The van der Waals surface area contributed by atoms with Gasteiger partial charge in [0.2, 0.25) is 0 Å². The van der Waals surface area contributed by atoms with Crippen molar-refractivity contribution in [3.05, 3.63) is 0 Å². The van der Waals surface area contributed by atoms with Crippen molar-refractivity contribution < 1.29 is 14.6 Å². The van der Waals surface area contributed by atoms with Crippen LogP contribution in [0.1, 0.15) is 45.4 Å². The van der Waals surface area contributed by atoms with Crippen LogP contribution in [0.25, 0.3) is 0 Å². The number of rotatable bonds is 4. The Morgan fingerprint density at radius 3 is 2.95 bits per heavy atom. The van der Waals surface area contributed by atoms with Crippen molar-refractivity contribution >= 4 is 5.97 Å². The molecular formula is C15H27NO3. The molecule has 0 amide bonds. The number of carboxylic acids is 1. The predicted octanol–water partition coefficient (Wildman–Crippen LogP) is 2.38. The Kier molecular flexibility index (Phi) is 5.64. The lowest BCUT2D eigenvalue weighted by molar-refractivity contribution is -0.138. The first kappa shape index (κ1) is 14.8. The molecule has 2 aliphatic rings. The first-order valence-corrected chi connectivity index (χ1v) is 7.70. The maximum atomic E-state index is 10.9. The van der Waals surface area contributed by atoms with Gasteiger partial charge in [0.1, 0.15) is 0 Å². The first-order valence-electron chi connectivity index (χ1n) is 7.70. The molecular weight excluding hydrogens is 242 g/mol. The van der Waals surface area contributed by atoms with Crippen LogP contribution in [0, 0.1) is 11.8 Å². The summed E-state index contributed by atoms with van der Waals surface area (Å²) in [6.07, 6.45) is 6.25. The van der Waals surface area contributed by atoms with Gasteiger partial charge >= 0.3 is 5.97 Å². The zero-order valence-electron chi connectivity index (χ0n) is 12.0. The van der Waals surface area contributed by atoms with Gasteiger partial charge in [0, 0.05) is 32.2 Å². The Bertz CT molecular complexity index is 287. The average Bonchev–Trinajstić information content (AvgIpc) is 2.67. The lowest BCUT2D eigenvalue weighted by Gasteiger charge is -2.39. The van der Waals surface area contributed by atoms with Gasteiger partial charge in [-0.2, -0.15) is 0 Å². The lowest BCUT2D eigenvalue weighted by Crippen LogP contribution is -2.44. The normalized spacial score (nSPS) is 31.6. The molecule has 0 radical (unpaired) electrons. The number of carbonyl (C=O) groups is 1. The van der Waals surface area contributed by atoms with Crippen molar-refractivity contribution in [2.24, 2.45) is 11.8 Å². The zero-order chi connectivity index (χ0) is 13.7. The molecule has 2 heterocycles. The Morgan fingerprint density at radius 2 is 2.16 bits per heavy atom. The Hall–Kier alpha value is -0.610. The van der Waals surface area contributed by atoms with E-state index in [4.69, 9.17) is 9.84 Å². The highest BCUT2D eigenvalue weighted by atomic mass is 16.5. The quantitative estimate of drug-likeness (QED) is 0.851. The van der Waals surface area contributed by atoms with Crippen LogP contribution in [-0.2, 0) is 9.53 Å². The molecule has 19 heavy (non-hydrogen) atoms.